The summed E-state index contributed by atoms with van der Waals surface area (Å²) in [5.74, 6) is -0.881. The van der Waals surface area contributed by atoms with Gasteiger partial charge in [0.05, 0.1) is 5.52 Å². The quantitative estimate of drug-likeness (QED) is 0.501. The van der Waals surface area contributed by atoms with E-state index in [0.717, 1.165) is 0 Å². The predicted molar refractivity (Wildman–Crippen MR) is 122 cm³/mol. The Hall–Kier alpha value is -3.49. The van der Waals surface area contributed by atoms with Crippen molar-refractivity contribution >= 4 is 22.9 Å². The third-order valence-corrected chi connectivity index (χ3v) is 6.17. The van der Waals surface area contributed by atoms with Crippen molar-refractivity contribution in [1.29, 1.82) is 0 Å². The Morgan fingerprint density at radius 2 is 1.91 bits per heavy atom. The average molecular weight is 454 g/mol. The van der Waals surface area contributed by atoms with Crippen molar-refractivity contribution in [2.24, 2.45) is 0 Å². The van der Waals surface area contributed by atoms with Crippen LogP contribution in [0.1, 0.15) is 56.9 Å². The van der Waals surface area contributed by atoms with Crippen LogP contribution < -0.4 is 5.32 Å². The summed E-state index contributed by atoms with van der Waals surface area (Å²) in [7, 11) is 0. The number of aromatic amines is 1. The highest BCUT2D eigenvalue weighted by molar-refractivity contribution is 6.05. The summed E-state index contributed by atoms with van der Waals surface area (Å²) in [5, 5.41) is 20.3. The number of carbonyl (C=O) groups is 2. The van der Waals surface area contributed by atoms with Gasteiger partial charge in [0.25, 0.3) is 5.91 Å². The third kappa shape index (κ3) is 4.67. The lowest BCUT2D eigenvalue weighted by Gasteiger charge is -2.42. The fraction of sp³-hybridized carbons (Fsp3) is 0.417. The van der Waals surface area contributed by atoms with Crippen LogP contribution in [0.3, 0.4) is 0 Å². The van der Waals surface area contributed by atoms with Crippen molar-refractivity contribution in [3.8, 4) is 11.1 Å². The fourth-order valence-electron chi connectivity index (χ4n) is 4.68. The van der Waals surface area contributed by atoms with Crippen LogP contribution in [0, 0.1) is 5.95 Å². The number of hydrogen-bond donors (Lipinski definition) is 3. The van der Waals surface area contributed by atoms with E-state index in [0.29, 0.717) is 47.7 Å². The highest BCUT2D eigenvalue weighted by Gasteiger charge is 2.36. The Kier molecular flexibility index (Phi) is 6.05. The lowest BCUT2D eigenvalue weighted by molar-refractivity contribution is 0.0519. The molecule has 1 aliphatic rings. The molecule has 1 saturated carbocycles. The zero-order chi connectivity index (χ0) is 23.8. The molecule has 174 valence electrons. The molecule has 0 unspecified atom stereocenters. The molecule has 1 fully saturated rings. The molecule has 2 amide bonds. The van der Waals surface area contributed by atoms with Crippen LogP contribution in [-0.4, -0.2) is 54.8 Å². The van der Waals surface area contributed by atoms with E-state index in [-0.39, 0.29) is 23.7 Å². The second-order valence-electron chi connectivity index (χ2n) is 9.48. The van der Waals surface area contributed by atoms with Gasteiger partial charge in [0.15, 0.2) is 5.69 Å². The van der Waals surface area contributed by atoms with Crippen LogP contribution in [0.15, 0.2) is 36.5 Å². The minimum atomic E-state index is -0.918. The number of carboxylic acid groups (broad SMARTS) is 1. The van der Waals surface area contributed by atoms with Gasteiger partial charge in [-0.05, 0) is 76.3 Å². The maximum Gasteiger partial charge on any atom is 0.407 e. The Balaban J connectivity index is 1.47. The summed E-state index contributed by atoms with van der Waals surface area (Å²) in [4.78, 5) is 30.0. The number of hydrogen-bond acceptors (Lipinski definition) is 4. The average Bonchev–Trinajstić information content (AvgIpc) is 3.17. The van der Waals surface area contributed by atoms with E-state index in [9.17, 15) is 19.1 Å². The number of nitrogens with one attached hydrogen (secondary N) is 2. The van der Waals surface area contributed by atoms with Gasteiger partial charge < -0.3 is 15.3 Å². The first-order valence-corrected chi connectivity index (χ1v) is 11.1. The highest BCUT2D eigenvalue weighted by atomic mass is 19.1. The zero-order valence-corrected chi connectivity index (χ0v) is 18.9. The maximum absolute atomic E-state index is 14.1. The fourth-order valence-corrected chi connectivity index (χ4v) is 4.68. The summed E-state index contributed by atoms with van der Waals surface area (Å²) in [5.41, 5.74) is 1.41. The second-order valence-corrected chi connectivity index (χ2v) is 9.48. The minimum absolute atomic E-state index is 0.0601. The topological polar surface area (TPSA) is 111 Å². The van der Waals surface area contributed by atoms with Crippen molar-refractivity contribution in [3.05, 3.63) is 48.2 Å². The van der Waals surface area contributed by atoms with E-state index >= 15 is 0 Å². The van der Waals surface area contributed by atoms with Gasteiger partial charge in [-0.3, -0.25) is 9.89 Å². The number of rotatable bonds is 4. The number of H-pyrrole nitrogens is 1. The molecule has 3 N–H and O–H groups in total. The Morgan fingerprint density at radius 1 is 1.18 bits per heavy atom. The normalized spacial score (nSPS) is 18.8. The van der Waals surface area contributed by atoms with Gasteiger partial charge in [-0.25, -0.2) is 9.78 Å². The van der Waals surface area contributed by atoms with Crippen LogP contribution in [0.5, 0.6) is 0 Å². The number of benzene rings is 1. The molecule has 0 bridgehead atoms. The van der Waals surface area contributed by atoms with Crippen LogP contribution in [0.25, 0.3) is 22.0 Å². The van der Waals surface area contributed by atoms with Gasteiger partial charge in [-0.1, -0.05) is 6.07 Å². The summed E-state index contributed by atoms with van der Waals surface area (Å²) in [6.07, 6.45) is 3.20. The standard InChI is InChI=1S/C24H28FN5O3/c1-24(2,3)30(23(32)33)16-9-7-15(8-10-16)27-22(31)20-18-13-14(6-11-19(18)28-29-20)17-5-4-12-26-21(17)25/h4-6,11-13,15-16H,7-10H2,1-3H3,(H,27,31)(H,28,29)(H,32,33). The molecular weight excluding hydrogens is 425 g/mol. The predicted octanol–water partition coefficient (Wildman–Crippen LogP) is 4.58. The largest absolute Gasteiger partial charge is 0.465 e. The molecule has 33 heavy (non-hydrogen) atoms. The van der Waals surface area contributed by atoms with Crippen LogP contribution in [0.2, 0.25) is 0 Å². The van der Waals surface area contributed by atoms with Crippen molar-refractivity contribution in [1.82, 2.24) is 25.4 Å². The van der Waals surface area contributed by atoms with E-state index < -0.39 is 17.6 Å². The van der Waals surface area contributed by atoms with Crippen molar-refractivity contribution in [2.45, 2.75) is 64.1 Å². The van der Waals surface area contributed by atoms with Gasteiger partial charge in [-0.15, -0.1) is 0 Å². The van der Waals surface area contributed by atoms with Gasteiger partial charge >= 0.3 is 6.09 Å². The molecule has 4 rings (SSSR count). The molecule has 2 aromatic heterocycles. The first-order chi connectivity index (χ1) is 15.6. The molecular formula is C24H28FN5O3. The maximum atomic E-state index is 14.1. The lowest BCUT2D eigenvalue weighted by atomic mass is 9.88. The van der Waals surface area contributed by atoms with E-state index in [1.165, 1.54) is 11.1 Å². The monoisotopic (exact) mass is 453 g/mol. The lowest BCUT2D eigenvalue weighted by Crippen LogP contribution is -2.53. The minimum Gasteiger partial charge on any atom is -0.465 e. The second kappa shape index (κ2) is 8.80. The molecule has 0 aliphatic heterocycles. The molecule has 8 nitrogen and oxygen atoms in total. The summed E-state index contributed by atoms with van der Waals surface area (Å²) >= 11 is 0. The number of carbonyl (C=O) groups excluding carboxylic acids is 1. The Labute approximate surface area is 191 Å². The summed E-state index contributed by atoms with van der Waals surface area (Å²) in [6, 6.07) is 8.42. The van der Waals surface area contributed by atoms with E-state index in [4.69, 9.17) is 0 Å². The Morgan fingerprint density at radius 3 is 2.55 bits per heavy atom. The Bertz CT molecular complexity index is 1180. The zero-order valence-electron chi connectivity index (χ0n) is 18.9. The number of pyridine rings is 1. The van der Waals surface area contributed by atoms with Crippen molar-refractivity contribution < 1.29 is 19.1 Å². The van der Waals surface area contributed by atoms with Gasteiger partial charge in [-0.2, -0.15) is 9.49 Å². The van der Waals surface area contributed by atoms with Crippen LogP contribution in [0.4, 0.5) is 9.18 Å². The third-order valence-electron chi connectivity index (χ3n) is 6.17. The van der Waals surface area contributed by atoms with E-state index in [1.807, 2.05) is 20.8 Å². The van der Waals surface area contributed by atoms with Crippen LogP contribution >= 0.6 is 0 Å². The number of halogens is 1. The summed E-state index contributed by atoms with van der Waals surface area (Å²) in [6.45, 7) is 5.68. The van der Waals surface area contributed by atoms with Crippen molar-refractivity contribution in [2.75, 3.05) is 0 Å². The van der Waals surface area contributed by atoms with Gasteiger partial charge in [0, 0.05) is 34.8 Å². The molecule has 1 aliphatic carbocycles. The molecule has 2 heterocycles. The van der Waals surface area contributed by atoms with Gasteiger partial charge in [0.2, 0.25) is 5.95 Å². The first-order valence-electron chi connectivity index (χ1n) is 11.1. The SMILES string of the molecule is CC(C)(C)N(C(=O)O)C1CCC(NC(=O)c2n[nH]c3ccc(-c4cccnc4F)cc23)CC1. The number of aromatic nitrogens is 3. The van der Waals surface area contributed by atoms with Crippen molar-refractivity contribution in [3.63, 3.8) is 0 Å². The number of fused-ring (bicyclic) bond motifs is 1. The van der Waals surface area contributed by atoms with E-state index in [1.54, 1.807) is 30.3 Å². The number of nitrogens with zero attached hydrogens (tertiary/aromatic N) is 3. The molecule has 0 atom stereocenters. The summed E-state index contributed by atoms with van der Waals surface area (Å²) < 4.78 is 14.1. The first kappa shape index (κ1) is 22.7. The molecule has 0 radical (unpaired) electrons. The highest BCUT2D eigenvalue weighted by Crippen LogP contribution is 2.30. The molecule has 9 heteroatoms. The molecule has 1 aromatic carbocycles. The van der Waals surface area contributed by atoms with E-state index in [2.05, 4.69) is 20.5 Å². The molecule has 0 spiro atoms. The molecule has 0 saturated heterocycles. The molecule has 3 aromatic rings. The van der Waals surface area contributed by atoms with Gasteiger partial charge in [0.1, 0.15) is 0 Å². The smallest absolute Gasteiger partial charge is 0.407 e. The number of amides is 2. The van der Waals surface area contributed by atoms with Crippen LogP contribution in [-0.2, 0) is 0 Å².